The molecule has 11 heteroatoms. The molecular weight excluding hydrogens is 539 g/mol. The molecule has 0 spiro atoms. The molecule has 2 bridgehead atoms. The number of nitrogens with one attached hydrogen (secondary N) is 2. The van der Waals surface area contributed by atoms with Gasteiger partial charge in [-0.15, -0.1) is 0 Å². The third kappa shape index (κ3) is 4.52. The highest BCUT2D eigenvalue weighted by Gasteiger charge is 2.59. The zero-order chi connectivity index (χ0) is 27.2. The van der Waals surface area contributed by atoms with Crippen molar-refractivity contribution in [3.8, 4) is 11.5 Å². The van der Waals surface area contributed by atoms with Crippen LogP contribution in [0.2, 0.25) is 5.02 Å². The van der Waals surface area contributed by atoms with Crippen LogP contribution in [0, 0.1) is 5.92 Å². The molecule has 0 aromatic heterocycles. The fraction of sp³-hybridized carbons (Fsp3) is 0.259. The topological polar surface area (TPSA) is 62.8 Å². The quantitative estimate of drug-likeness (QED) is 0.344. The molecule has 0 saturated carbocycles. The van der Waals surface area contributed by atoms with Gasteiger partial charge in [-0.25, -0.2) is 0 Å². The minimum Gasteiger partial charge on any atom is -0.490 e. The molecule has 3 aromatic carbocycles. The fourth-order valence-corrected chi connectivity index (χ4v) is 5.54. The monoisotopic (exact) mass is 561 g/mol. The molecule has 1 amide bonds. The van der Waals surface area contributed by atoms with E-state index in [0.29, 0.717) is 34.4 Å². The Kier molecular flexibility index (Phi) is 6.65. The third-order valence-electron chi connectivity index (χ3n) is 6.62. The lowest BCUT2D eigenvalue weighted by molar-refractivity contribution is -0.137. The second kappa shape index (κ2) is 9.67. The number of hydrogen-bond acceptors (Lipinski definition) is 4. The maximum atomic E-state index is 13.9. The van der Waals surface area contributed by atoms with Crippen LogP contribution in [-0.4, -0.2) is 23.4 Å². The first-order valence-electron chi connectivity index (χ1n) is 11.8. The number of amides is 1. The Hall–Kier alpha value is -3.50. The van der Waals surface area contributed by atoms with Gasteiger partial charge in [0.05, 0.1) is 18.2 Å². The van der Waals surface area contributed by atoms with Gasteiger partial charge < -0.3 is 20.1 Å². The van der Waals surface area contributed by atoms with Gasteiger partial charge in [0.25, 0.3) is 0 Å². The van der Waals surface area contributed by atoms with Gasteiger partial charge >= 0.3 is 6.18 Å². The maximum Gasteiger partial charge on any atom is 0.416 e. The van der Waals surface area contributed by atoms with Crippen molar-refractivity contribution in [3.05, 3.63) is 82.9 Å². The highest BCUT2D eigenvalue weighted by Crippen LogP contribution is 2.53. The van der Waals surface area contributed by atoms with Crippen molar-refractivity contribution in [2.75, 3.05) is 16.8 Å². The SMILES string of the molecule is CCOc1cccc2c1O[C@@]1(C)[C@H](C(=O)Nc3ccc(Cl)cc3)[C@H]2NC(=S)N1c1cccc(C(F)(F)F)c1. The van der Waals surface area contributed by atoms with Crippen molar-refractivity contribution < 1.29 is 27.4 Å². The minimum atomic E-state index is -4.57. The van der Waals surface area contributed by atoms with Crippen molar-refractivity contribution in [1.82, 2.24) is 5.32 Å². The van der Waals surface area contributed by atoms with Gasteiger partial charge in [-0.1, -0.05) is 29.8 Å². The molecule has 5 rings (SSSR count). The number of para-hydroxylation sites is 1. The van der Waals surface area contributed by atoms with Crippen LogP contribution in [0.4, 0.5) is 24.5 Å². The molecule has 0 unspecified atom stereocenters. The first kappa shape index (κ1) is 26.1. The largest absolute Gasteiger partial charge is 0.490 e. The normalized spacial score (nSPS) is 22.2. The van der Waals surface area contributed by atoms with Crippen molar-refractivity contribution >= 4 is 46.2 Å². The number of ether oxygens (including phenoxy) is 2. The van der Waals surface area contributed by atoms with Crippen molar-refractivity contribution in [2.45, 2.75) is 31.8 Å². The van der Waals surface area contributed by atoms with E-state index in [2.05, 4.69) is 10.6 Å². The Bertz CT molecular complexity index is 1400. The molecule has 3 aromatic rings. The molecule has 198 valence electrons. The van der Waals surface area contributed by atoms with E-state index >= 15 is 0 Å². The van der Waals surface area contributed by atoms with Crippen LogP contribution in [-0.2, 0) is 11.0 Å². The summed E-state index contributed by atoms with van der Waals surface area (Å²) in [6, 6.07) is 16.0. The second-order valence-electron chi connectivity index (χ2n) is 9.05. The summed E-state index contributed by atoms with van der Waals surface area (Å²) in [4.78, 5) is 15.3. The molecule has 0 aliphatic carbocycles. The standard InChI is InChI=1S/C27H23ClF3N3O3S/c1-3-36-20-9-5-8-19-22-21(24(35)32-17-12-10-16(28)11-13-17)26(2,37-23(19)20)34(25(38)33-22)18-7-4-6-15(14-18)27(29,30)31/h4-14,21-22H,3H2,1-2H3,(H,32,35)(H,33,38)/t21-,22-,26-/m0/s1. The Morgan fingerprint density at radius 3 is 2.58 bits per heavy atom. The van der Waals surface area contributed by atoms with Crippen LogP contribution in [0.5, 0.6) is 11.5 Å². The second-order valence-corrected chi connectivity index (χ2v) is 9.87. The van der Waals surface area contributed by atoms with Crippen LogP contribution < -0.4 is 25.0 Å². The highest BCUT2D eigenvalue weighted by atomic mass is 35.5. The van der Waals surface area contributed by atoms with Gasteiger partial charge in [0, 0.05) is 22.0 Å². The van der Waals surface area contributed by atoms with Crippen LogP contribution in [0.15, 0.2) is 66.7 Å². The van der Waals surface area contributed by atoms with E-state index in [0.717, 1.165) is 12.1 Å². The summed E-state index contributed by atoms with van der Waals surface area (Å²) in [6.45, 7) is 3.84. The number of fused-ring (bicyclic) bond motifs is 4. The van der Waals surface area contributed by atoms with E-state index in [1.165, 1.54) is 17.0 Å². The van der Waals surface area contributed by atoms with Gasteiger partial charge in [-0.2, -0.15) is 13.2 Å². The van der Waals surface area contributed by atoms with Crippen molar-refractivity contribution in [1.29, 1.82) is 0 Å². The molecule has 2 aliphatic rings. The molecule has 6 nitrogen and oxygen atoms in total. The van der Waals surface area contributed by atoms with Gasteiger partial charge in [0.15, 0.2) is 22.3 Å². The van der Waals surface area contributed by atoms with Crippen LogP contribution in [0.25, 0.3) is 0 Å². The van der Waals surface area contributed by atoms with E-state index in [-0.39, 0.29) is 10.8 Å². The number of anilines is 2. The summed E-state index contributed by atoms with van der Waals surface area (Å²) < 4.78 is 53.1. The summed E-state index contributed by atoms with van der Waals surface area (Å²) >= 11 is 11.6. The number of carbonyl (C=O) groups excluding carboxylic acids is 1. The predicted octanol–water partition coefficient (Wildman–Crippen LogP) is 6.56. The van der Waals surface area contributed by atoms with Crippen LogP contribution in [0.3, 0.4) is 0 Å². The van der Waals surface area contributed by atoms with Crippen LogP contribution >= 0.6 is 23.8 Å². The Morgan fingerprint density at radius 1 is 1.18 bits per heavy atom. The summed E-state index contributed by atoms with van der Waals surface area (Å²) in [6.07, 6.45) is -4.57. The van der Waals surface area contributed by atoms with Crippen LogP contribution in [0.1, 0.15) is 31.0 Å². The molecule has 1 saturated heterocycles. The van der Waals surface area contributed by atoms with Gasteiger partial charge in [0.1, 0.15) is 5.92 Å². The molecule has 3 atom stereocenters. The number of carbonyl (C=O) groups is 1. The summed E-state index contributed by atoms with van der Waals surface area (Å²) in [5.41, 5.74) is -1.09. The van der Waals surface area contributed by atoms with E-state index in [1.54, 1.807) is 49.4 Å². The molecule has 1 fully saturated rings. The molecule has 2 N–H and O–H groups in total. The Balaban J connectivity index is 1.65. The van der Waals surface area contributed by atoms with Gasteiger partial charge in [-0.3, -0.25) is 9.69 Å². The average Bonchev–Trinajstić information content (AvgIpc) is 2.85. The molecule has 0 radical (unpaired) electrons. The zero-order valence-electron chi connectivity index (χ0n) is 20.3. The lowest BCUT2D eigenvalue weighted by Gasteiger charge is -2.56. The predicted molar refractivity (Wildman–Crippen MR) is 143 cm³/mol. The first-order chi connectivity index (χ1) is 18.0. The van der Waals surface area contributed by atoms with Crippen molar-refractivity contribution in [2.24, 2.45) is 5.92 Å². The number of hydrogen-bond donors (Lipinski definition) is 2. The van der Waals surface area contributed by atoms with Gasteiger partial charge in [0.2, 0.25) is 5.91 Å². The third-order valence-corrected chi connectivity index (χ3v) is 7.17. The Labute approximate surface area is 227 Å². The molecule has 2 aliphatic heterocycles. The smallest absolute Gasteiger partial charge is 0.416 e. The van der Waals surface area contributed by atoms with Gasteiger partial charge in [-0.05, 0) is 74.6 Å². The summed E-state index contributed by atoms with van der Waals surface area (Å²) in [5, 5.41) is 6.71. The minimum absolute atomic E-state index is 0.125. The molecular formula is C27H23ClF3N3O3S. The molecule has 38 heavy (non-hydrogen) atoms. The lowest BCUT2D eigenvalue weighted by Crippen LogP contribution is -2.72. The van der Waals surface area contributed by atoms with Crippen molar-refractivity contribution in [3.63, 3.8) is 0 Å². The highest BCUT2D eigenvalue weighted by molar-refractivity contribution is 7.80. The summed E-state index contributed by atoms with van der Waals surface area (Å²) in [5.74, 6) is -0.510. The average molecular weight is 562 g/mol. The summed E-state index contributed by atoms with van der Waals surface area (Å²) in [7, 11) is 0. The number of nitrogens with zero attached hydrogens (tertiary/aromatic N) is 1. The van der Waals surface area contributed by atoms with E-state index in [9.17, 15) is 18.0 Å². The maximum absolute atomic E-state index is 13.9. The number of benzene rings is 3. The van der Waals surface area contributed by atoms with E-state index in [4.69, 9.17) is 33.3 Å². The zero-order valence-corrected chi connectivity index (χ0v) is 21.9. The van der Waals surface area contributed by atoms with E-state index in [1.807, 2.05) is 6.92 Å². The lowest BCUT2D eigenvalue weighted by atomic mass is 9.78. The van der Waals surface area contributed by atoms with E-state index < -0.39 is 35.3 Å². The number of halogens is 4. The number of alkyl halides is 3. The molecule has 2 heterocycles. The number of thiocarbonyl (C=S) groups is 1. The number of rotatable bonds is 5. The Morgan fingerprint density at radius 2 is 1.89 bits per heavy atom. The first-order valence-corrected chi connectivity index (χ1v) is 12.6. The fourth-order valence-electron chi connectivity index (χ4n) is 5.00.